The highest BCUT2D eigenvalue weighted by Gasteiger charge is 2.23. The summed E-state index contributed by atoms with van der Waals surface area (Å²) in [5.41, 5.74) is 2.39. The molecule has 3 nitrogen and oxygen atoms in total. The van der Waals surface area contributed by atoms with Crippen LogP contribution in [0.2, 0.25) is 5.02 Å². The topological polar surface area (TPSA) is 35.5 Å². The minimum absolute atomic E-state index is 0.188. The minimum atomic E-state index is -0.188. The van der Waals surface area contributed by atoms with Crippen molar-refractivity contribution in [2.24, 2.45) is 5.92 Å². The van der Waals surface area contributed by atoms with Crippen molar-refractivity contribution in [2.45, 2.75) is 51.3 Å². The third-order valence-corrected chi connectivity index (χ3v) is 5.13. The van der Waals surface area contributed by atoms with Crippen LogP contribution < -0.4 is 10.2 Å². The van der Waals surface area contributed by atoms with Crippen LogP contribution in [0.1, 0.15) is 38.2 Å². The van der Waals surface area contributed by atoms with Gasteiger partial charge in [0.15, 0.2) is 0 Å². The SMILES string of the molecule is CC(O)C1CCN(c2ccc(CNC3CC3)c(Cl)c2)CC1. The van der Waals surface area contributed by atoms with E-state index >= 15 is 0 Å². The van der Waals surface area contributed by atoms with E-state index in [-0.39, 0.29) is 6.10 Å². The van der Waals surface area contributed by atoms with Gasteiger partial charge < -0.3 is 15.3 Å². The van der Waals surface area contributed by atoms with E-state index in [1.54, 1.807) is 0 Å². The van der Waals surface area contributed by atoms with E-state index in [0.717, 1.165) is 37.5 Å². The number of hydrogen-bond donors (Lipinski definition) is 2. The Kier molecular flexibility index (Phi) is 4.72. The van der Waals surface area contributed by atoms with Crippen LogP contribution in [0, 0.1) is 5.92 Å². The van der Waals surface area contributed by atoms with Crippen LogP contribution in [0.3, 0.4) is 0 Å². The van der Waals surface area contributed by atoms with Gasteiger partial charge in [0.2, 0.25) is 0 Å². The number of nitrogens with one attached hydrogen (secondary N) is 1. The van der Waals surface area contributed by atoms with Crippen LogP contribution in [0.5, 0.6) is 0 Å². The molecule has 0 aromatic heterocycles. The van der Waals surface area contributed by atoms with Crippen molar-refractivity contribution in [3.63, 3.8) is 0 Å². The fourth-order valence-electron chi connectivity index (χ4n) is 3.06. The summed E-state index contributed by atoms with van der Waals surface area (Å²) in [5, 5.41) is 14.0. The summed E-state index contributed by atoms with van der Waals surface area (Å²) in [7, 11) is 0. The van der Waals surface area contributed by atoms with Crippen molar-refractivity contribution in [3.05, 3.63) is 28.8 Å². The van der Waals surface area contributed by atoms with E-state index in [0.29, 0.717) is 12.0 Å². The monoisotopic (exact) mass is 308 g/mol. The number of nitrogens with zero attached hydrogens (tertiary/aromatic N) is 1. The highest BCUT2D eigenvalue weighted by Crippen LogP contribution is 2.29. The summed E-state index contributed by atoms with van der Waals surface area (Å²) in [6, 6.07) is 7.13. The first kappa shape index (κ1) is 15.1. The Morgan fingerprint density at radius 1 is 1.29 bits per heavy atom. The third-order valence-electron chi connectivity index (χ3n) is 4.78. The normalized spacial score (nSPS) is 21.6. The predicted octanol–water partition coefficient (Wildman–Crippen LogP) is 3.19. The molecule has 0 spiro atoms. The minimum Gasteiger partial charge on any atom is -0.393 e. The summed E-state index contributed by atoms with van der Waals surface area (Å²) < 4.78 is 0. The molecule has 1 heterocycles. The first-order valence-corrected chi connectivity index (χ1v) is 8.46. The molecular formula is C17H25ClN2O. The van der Waals surface area contributed by atoms with Gasteiger partial charge in [0.05, 0.1) is 6.10 Å². The fourth-order valence-corrected chi connectivity index (χ4v) is 3.30. The lowest BCUT2D eigenvalue weighted by Crippen LogP contribution is -2.37. The molecule has 2 N–H and O–H groups in total. The molecule has 0 bridgehead atoms. The molecule has 2 fully saturated rings. The van der Waals surface area contributed by atoms with Crippen LogP contribution in [-0.4, -0.2) is 30.3 Å². The van der Waals surface area contributed by atoms with Crippen LogP contribution in [0.25, 0.3) is 0 Å². The molecular weight excluding hydrogens is 284 g/mol. The molecule has 116 valence electrons. The third kappa shape index (κ3) is 3.91. The van der Waals surface area contributed by atoms with Gasteiger partial charge in [0, 0.05) is 36.4 Å². The zero-order valence-electron chi connectivity index (χ0n) is 12.7. The van der Waals surface area contributed by atoms with E-state index in [1.807, 2.05) is 6.92 Å². The fraction of sp³-hybridized carbons (Fsp3) is 0.647. The second-order valence-electron chi connectivity index (χ2n) is 6.50. The Bertz CT molecular complexity index is 480. The van der Waals surface area contributed by atoms with Gasteiger partial charge in [-0.25, -0.2) is 0 Å². The Morgan fingerprint density at radius 2 is 2.00 bits per heavy atom. The van der Waals surface area contributed by atoms with E-state index < -0.39 is 0 Å². The average molecular weight is 309 g/mol. The second kappa shape index (κ2) is 6.55. The maximum atomic E-state index is 9.68. The molecule has 1 atom stereocenters. The second-order valence-corrected chi connectivity index (χ2v) is 6.90. The van der Waals surface area contributed by atoms with Crippen molar-refractivity contribution >= 4 is 17.3 Å². The van der Waals surface area contributed by atoms with Gasteiger partial charge in [0.1, 0.15) is 0 Å². The van der Waals surface area contributed by atoms with E-state index in [1.165, 1.54) is 24.1 Å². The lowest BCUT2D eigenvalue weighted by Gasteiger charge is -2.35. The van der Waals surface area contributed by atoms with Crippen molar-refractivity contribution in [2.75, 3.05) is 18.0 Å². The summed E-state index contributed by atoms with van der Waals surface area (Å²) >= 11 is 6.42. The number of rotatable bonds is 5. The molecule has 4 heteroatoms. The quantitative estimate of drug-likeness (QED) is 0.877. The molecule has 2 aliphatic rings. The number of aliphatic hydroxyl groups excluding tert-OH is 1. The number of piperidine rings is 1. The molecule has 3 rings (SSSR count). The van der Waals surface area contributed by atoms with Gasteiger partial charge in [-0.2, -0.15) is 0 Å². The molecule has 0 radical (unpaired) electrons. The van der Waals surface area contributed by atoms with Crippen LogP contribution in [0.4, 0.5) is 5.69 Å². The van der Waals surface area contributed by atoms with E-state index in [4.69, 9.17) is 11.6 Å². The Balaban J connectivity index is 1.59. The number of anilines is 1. The van der Waals surface area contributed by atoms with Gasteiger partial charge >= 0.3 is 0 Å². The van der Waals surface area contributed by atoms with Crippen LogP contribution in [-0.2, 0) is 6.54 Å². The standard InChI is InChI=1S/C17H25ClN2O/c1-12(21)13-6-8-20(9-7-13)16-5-2-14(17(18)10-16)11-19-15-3-4-15/h2,5,10,12-13,15,19,21H,3-4,6-9,11H2,1H3. The van der Waals surface area contributed by atoms with Crippen LogP contribution >= 0.6 is 11.6 Å². The van der Waals surface area contributed by atoms with Gasteiger partial charge in [-0.3, -0.25) is 0 Å². The lowest BCUT2D eigenvalue weighted by molar-refractivity contribution is 0.110. The molecule has 1 aliphatic heterocycles. The molecule has 21 heavy (non-hydrogen) atoms. The van der Waals surface area contributed by atoms with E-state index in [9.17, 15) is 5.11 Å². The van der Waals surface area contributed by atoms with Gasteiger partial charge in [-0.15, -0.1) is 0 Å². The van der Waals surface area contributed by atoms with Gasteiger partial charge in [-0.05, 0) is 56.2 Å². The molecule has 1 aromatic carbocycles. The molecule has 1 saturated carbocycles. The van der Waals surface area contributed by atoms with Crippen molar-refractivity contribution in [3.8, 4) is 0 Å². The average Bonchev–Trinajstić information content (AvgIpc) is 3.30. The summed E-state index contributed by atoms with van der Waals surface area (Å²) in [4.78, 5) is 2.38. The number of halogens is 1. The van der Waals surface area contributed by atoms with Crippen LogP contribution in [0.15, 0.2) is 18.2 Å². The number of benzene rings is 1. The molecule has 1 aromatic rings. The maximum Gasteiger partial charge on any atom is 0.0541 e. The predicted molar refractivity (Wildman–Crippen MR) is 87.9 cm³/mol. The Hall–Kier alpha value is -0.770. The molecule has 1 saturated heterocycles. The Labute approximate surface area is 132 Å². The summed E-state index contributed by atoms with van der Waals surface area (Å²) in [6.45, 7) is 4.78. The first-order chi connectivity index (χ1) is 10.1. The largest absolute Gasteiger partial charge is 0.393 e. The summed E-state index contributed by atoms with van der Waals surface area (Å²) in [5.74, 6) is 0.443. The zero-order valence-corrected chi connectivity index (χ0v) is 13.4. The smallest absolute Gasteiger partial charge is 0.0541 e. The number of aliphatic hydroxyl groups is 1. The molecule has 0 amide bonds. The highest BCUT2D eigenvalue weighted by molar-refractivity contribution is 6.31. The lowest BCUT2D eigenvalue weighted by atomic mass is 9.92. The zero-order chi connectivity index (χ0) is 14.8. The molecule has 1 unspecified atom stereocenters. The first-order valence-electron chi connectivity index (χ1n) is 8.08. The number of hydrogen-bond acceptors (Lipinski definition) is 3. The Morgan fingerprint density at radius 3 is 2.57 bits per heavy atom. The summed E-state index contributed by atoms with van der Waals surface area (Å²) in [6.07, 6.45) is 4.52. The maximum absolute atomic E-state index is 9.68. The van der Waals surface area contributed by atoms with Gasteiger partial charge in [-0.1, -0.05) is 17.7 Å². The van der Waals surface area contributed by atoms with Gasteiger partial charge in [0.25, 0.3) is 0 Å². The van der Waals surface area contributed by atoms with Crippen molar-refractivity contribution in [1.82, 2.24) is 5.32 Å². The highest BCUT2D eigenvalue weighted by atomic mass is 35.5. The molecule has 1 aliphatic carbocycles. The van der Waals surface area contributed by atoms with E-state index in [2.05, 4.69) is 28.4 Å². The van der Waals surface area contributed by atoms with Crippen molar-refractivity contribution < 1.29 is 5.11 Å². The van der Waals surface area contributed by atoms with Crippen molar-refractivity contribution in [1.29, 1.82) is 0 Å².